The average Bonchev–Trinajstić information content (AvgIpc) is 2.49. The van der Waals surface area contributed by atoms with Gasteiger partial charge in [-0.15, -0.1) is 0 Å². The minimum absolute atomic E-state index is 0. The van der Waals surface area contributed by atoms with Gasteiger partial charge < -0.3 is 16.5 Å². The number of nitrogens with two attached hydrogens (primary N) is 1. The third-order valence-electron chi connectivity index (χ3n) is 3.20. The maximum absolute atomic E-state index is 12.2. The van der Waals surface area contributed by atoms with Crippen molar-refractivity contribution in [1.82, 2.24) is 0 Å². The molecule has 4 heteroatoms. The van der Waals surface area contributed by atoms with Crippen molar-refractivity contribution in [3.05, 3.63) is 59.7 Å². The summed E-state index contributed by atoms with van der Waals surface area (Å²) in [4.78, 5) is 12.2. The summed E-state index contributed by atoms with van der Waals surface area (Å²) in [5, 5.41) is 10.1. The van der Waals surface area contributed by atoms with Crippen LogP contribution in [0.5, 0.6) is 0 Å². The lowest BCUT2D eigenvalue weighted by Gasteiger charge is -2.13. The molecule has 20 heavy (non-hydrogen) atoms. The molecule has 1 amide bonds. The van der Waals surface area contributed by atoms with Gasteiger partial charge in [0.2, 0.25) is 5.91 Å². The smallest absolute Gasteiger partial charge is 0.231 e. The highest BCUT2D eigenvalue weighted by Gasteiger charge is 2.15. The van der Waals surface area contributed by atoms with E-state index in [4.69, 9.17) is 11.1 Å². The van der Waals surface area contributed by atoms with Crippen molar-refractivity contribution in [3.63, 3.8) is 0 Å². The monoisotopic (exact) mass is 271 g/mol. The van der Waals surface area contributed by atoms with Crippen LogP contribution in [-0.2, 0) is 4.79 Å². The first-order chi connectivity index (χ1) is 9.61. The van der Waals surface area contributed by atoms with E-state index in [2.05, 4.69) is 5.32 Å². The number of nitrogen functional groups attached to an aromatic ring is 1. The Kier molecular flexibility index (Phi) is 4.15. The third kappa shape index (κ3) is 3.03. The first-order valence-corrected chi connectivity index (χ1v) is 6.37. The highest BCUT2D eigenvalue weighted by Crippen LogP contribution is 2.20. The Morgan fingerprint density at radius 1 is 1.30 bits per heavy atom. The van der Waals surface area contributed by atoms with Crippen molar-refractivity contribution >= 4 is 23.5 Å². The van der Waals surface area contributed by atoms with Crippen molar-refractivity contribution in [3.8, 4) is 0 Å². The van der Waals surface area contributed by atoms with Crippen molar-refractivity contribution in [2.24, 2.45) is 0 Å². The molecule has 0 spiro atoms. The molecular weight excluding hydrogens is 250 g/mol. The van der Waals surface area contributed by atoms with Crippen LogP contribution in [-0.4, -0.2) is 12.1 Å². The first kappa shape index (κ1) is 13.8. The zero-order valence-electron chi connectivity index (χ0n) is 11.3. The molecule has 0 heterocycles. The molecule has 0 unspecified atom stereocenters. The molecule has 4 nitrogen and oxygen atoms in total. The normalized spacial score (nSPS) is 11.7. The van der Waals surface area contributed by atoms with Gasteiger partial charge in [-0.3, -0.25) is 4.79 Å². The number of anilines is 2. The van der Waals surface area contributed by atoms with Crippen LogP contribution in [0.4, 0.5) is 11.4 Å². The summed E-state index contributed by atoms with van der Waals surface area (Å²) in [7, 11) is 0. The molecular formula is C16H21N3O. The molecule has 106 valence electrons. The topological polar surface area (TPSA) is 79.0 Å². The fourth-order valence-corrected chi connectivity index (χ4v) is 1.92. The zero-order chi connectivity index (χ0) is 14.5. The van der Waals surface area contributed by atoms with Crippen LogP contribution >= 0.6 is 0 Å². The van der Waals surface area contributed by atoms with E-state index in [-0.39, 0.29) is 14.7 Å². The maximum atomic E-state index is 12.2. The number of amides is 1. The van der Waals surface area contributed by atoms with Crippen molar-refractivity contribution in [2.45, 2.75) is 12.8 Å². The number of benzene rings is 2. The van der Waals surface area contributed by atoms with Gasteiger partial charge in [0.15, 0.2) is 0 Å². The molecule has 0 saturated heterocycles. The molecule has 0 aliphatic heterocycles. The molecule has 0 saturated carbocycles. The molecule has 0 fully saturated rings. The second kappa shape index (κ2) is 6.02. The van der Waals surface area contributed by atoms with Gasteiger partial charge in [0.1, 0.15) is 0 Å². The van der Waals surface area contributed by atoms with Gasteiger partial charge in [-0.25, -0.2) is 0 Å². The number of nitrogens with one attached hydrogen (secondary N) is 2. The van der Waals surface area contributed by atoms with Crippen LogP contribution in [0.15, 0.2) is 48.5 Å². The van der Waals surface area contributed by atoms with Gasteiger partial charge in [-0.05, 0) is 30.7 Å². The first-order valence-electron chi connectivity index (χ1n) is 6.37. The highest BCUT2D eigenvalue weighted by molar-refractivity contribution is 5.97. The fraction of sp³-hybridized carbons (Fsp3) is 0.125. The van der Waals surface area contributed by atoms with Gasteiger partial charge in [0, 0.05) is 26.0 Å². The Bertz CT molecular complexity index is 633. The molecule has 2 aromatic rings. The lowest BCUT2D eigenvalue weighted by atomic mass is 10.0. The molecule has 2 rings (SSSR count). The van der Waals surface area contributed by atoms with Crippen LogP contribution in [0.1, 0.15) is 26.8 Å². The van der Waals surface area contributed by atoms with Gasteiger partial charge in [0.25, 0.3) is 0 Å². The molecule has 0 aliphatic carbocycles. The number of hydrogen-bond acceptors (Lipinski definition) is 3. The van der Waals surface area contributed by atoms with E-state index in [1.54, 1.807) is 18.2 Å². The van der Waals surface area contributed by atoms with Crippen LogP contribution < -0.4 is 11.1 Å². The van der Waals surface area contributed by atoms with E-state index < -0.39 is 0 Å². The molecule has 0 aromatic heterocycles. The SMILES string of the molecule is C[C@H](C(=O)Nc1ccc(N)c(C=N)c1)c1ccccc1.[HH].[HH]. The summed E-state index contributed by atoms with van der Waals surface area (Å²) in [5.74, 6) is -0.325. The van der Waals surface area contributed by atoms with E-state index in [9.17, 15) is 4.79 Å². The second-order valence-corrected chi connectivity index (χ2v) is 4.61. The quantitative estimate of drug-likeness (QED) is 0.587. The Morgan fingerprint density at radius 3 is 2.65 bits per heavy atom. The largest absolute Gasteiger partial charge is 0.398 e. The van der Waals surface area contributed by atoms with Crippen LogP contribution in [0, 0.1) is 5.41 Å². The Hall–Kier alpha value is -2.62. The highest BCUT2D eigenvalue weighted by atomic mass is 16.1. The van der Waals surface area contributed by atoms with Crippen molar-refractivity contribution < 1.29 is 7.65 Å². The molecule has 0 radical (unpaired) electrons. The van der Waals surface area contributed by atoms with Crippen molar-refractivity contribution in [1.29, 1.82) is 5.41 Å². The number of carbonyl (C=O) groups excluding carboxylic acids is 1. The summed E-state index contributed by atoms with van der Waals surface area (Å²) in [6.45, 7) is 1.86. The van der Waals surface area contributed by atoms with Gasteiger partial charge in [-0.1, -0.05) is 30.3 Å². The maximum Gasteiger partial charge on any atom is 0.231 e. The minimum Gasteiger partial charge on any atom is -0.398 e. The fourth-order valence-electron chi connectivity index (χ4n) is 1.92. The summed E-state index contributed by atoms with van der Waals surface area (Å²) in [6.07, 6.45) is 1.17. The van der Waals surface area contributed by atoms with Crippen LogP contribution in [0.2, 0.25) is 0 Å². The molecule has 1 atom stereocenters. The van der Waals surface area contributed by atoms with E-state index in [1.807, 2.05) is 37.3 Å². The van der Waals surface area contributed by atoms with E-state index in [0.717, 1.165) is 5.56 Å². The second-order valence-electron chi connectivity index (χ2n) is 4.61. The summed E-state index contributed by atoms with van der Waals surface area (Å²) in [5.41, 5.74) is 8.44. The predicted octanol–water partition coefficient (Wildman–Crippen LogP) is 3.50. The molecule has 0 bridgehead atoms. The van der Waals surface area contributed by atoms with Crippen LogP contribution in [0.25, 0.3) is 0 Å². The van der Waals surface area contributed by atoms with Gasteiger partial charge in [-0.2, -0.15) is 0 Å². The van der Waals surface area contributed by atoms with Gasteiger partial charge >= 0.3 is 0 Å². The minimum atomic E-state index is -0.239. The predicted molar refractivity (Wildman–Crippen MR) is 86.5 cm³/mol. The summed E-state index contributed by atoms with van der Waals surface area (Å²) in [6, 6.07) is 14.7. The van der Waals surface area contributed by atoms with Crippen LogP contribution in [0.3, 0.4) is 0 Å². The Balaban J connectivity index is 0.00000220. The number of rotatable bonds is 4. The van der Waals surface area contributed by atoms with E-state index in [0.29, 0.717) is 16.9 Å². The Morgan fingerprint density at radius 2 is 2.00 bits per heavy atom. The number of carbonyl (C=O) groups is 1. The summed E-state index contributed by atoms with van der Waals surface area (Å²) >= 11 is 0. The molecule has 4 N–H and O–H groups in total. The molecule has 0 aliphatic rings. The lowest BCUT2D eigenvalue weighted by Crippen LogP contribution is -2.19. The molecule has 2 aromatic carbocycles. The zero-order valence-corrected chi connectivity index (χ0v) is 11.3. The van der Waals surface area contributed by atoms with Crippen molar-refractivity contribution in [2.75, 3.05) is 11.1 Å². The third-order valence-corrected chi connectivity index (χ3v) is 3.20. The average molecular weight is 271 g/mol. The Labute approximate surface area is 121 Å². The van der Waals surface area contributed by atoms with E-state index in [1.165, 1.54) is 6.21 Å². The lowest BCUT2D eigenvalue weighted by molar-refractivity contribution is -0.117. The standard InChI is InChI=1S/C16H17N3O.2H2/c1-11(12-5-3-2-4-6-12)16(20)19-14-7-8-15(18)13(9-14)10-17;;/h2-11,17H,18H2,1H3,(H,19,20);2*1H/t11-;;/m0../s1. The number of hydrogen-bond donors (Lipinski definition) is 3. The summed E-state index contributed by atoms with van der Waals surface area (Å²) < 4.78 is 0. The van der Waals surface area contributed by atoms with E-state index >= 15 is 0 Å². The van der Waals surface area contributed by atoms with Gasteiger partial charge in [0.05, 0.1) is 5.92 Å².